The van der Waals surface area contributed by atoms with Crippen molar-refractivity contribution in [2.75, 3.05) is 6.54 Å². The summed E-state index contributed by atoms with van der Waals surface area (Å²) in [5, 5.41) is 1.45. The minimum atomic E-state index is -3.69. The van der Waals surface area contributed by atoms with Gasteiger partial charge in [0.1, 0.15) is 5.15 Å². The van der Waals surface area contributed by atoms with Crippen LogP contribution in [0.1, 0.15) is 43.5 Å². The highest BCUT2D eigenvalue weighted by atomic mass is 35.5. The molecule has 1 aliphatic carbocycles. The number of nitrogens with one attached hydrogen (secondary N) is 1. The summed E-state index contributed by atoms with van der Waals surface area (Å²) in [4.78, 5) is 4.27. The lowest BCUT2D eigenvalue weighted by molar-refractivity contribution is 0.560. The Labute approximate surface area is 146 Å². The molecule has 0 aliphatic heterocycles. The van der Waals surface area contributed by atoms with Crippen LogP contribution >= 0.6 is 11.6 Å². The molecule has 6 nitrogen and oxygen atoms in total. The van der Waals surface area contributed by atoms with Crippen LogP contribution in [-0.4, -0.2) is 19.9 Å². The van der Waals surface area contributed by atoms with Gasteiger partial charge in [-0.2, -0.15) is 0 Å². The molecule has 1 heterocycles. The Balaban J connectivity index is 2.27. The molecule has 8 heteroatoms. The van der Waals surface area contributed by atoms with Gasteiger partial charge in [-0.05, 0) is 35.6 Å². The number of rotatable bonds is 4. The molecule has 0 saturated carbocycles. The predicted octanol–water partition coefficient (Wildman–Crippen LogP) is 2.23. The topological polar surface area (TPSA) is 111 Å². The molecule has 2 atom stereocenters. The van der Waals surface area contributed by atoms with Crippen LogP contribution in [0, 0.1) is 5.92 Å². The lowest BCUT2D eigenvalue weighted by Crippen LogP contribution is -2.28. The summed E-state index contributed by atoms with van der Waals surface area (Å²) in [6.07, 6.45) is 2.16. The molecule has 24 heavy (non-hydrogen) atoms. The zero-order valence-electron chi connectivity index (χ0n) is 13.6. The van der Waals surface area contributed by atoms with E-state index in [-0.39, 0.29) is 28.1 Å². The fourth-order valence-electron chi connectivity index (χ4n) is 3.12. The molecular weight excluding hydrogens is 348 g/mol. The third-order valence-electron chi connectivity index (χ3n) is 4.27. The standard InChI is InChI=1S/C16H21ClN4O2S/c1-8(2)6-21-24(22,23)14-3-10-12(18)5-13(19)16(10)11-7-20-15(17)4-9(11)14/h3-4,7-8,12-13,21H,5-6,18-19H2,1-2H3/t12-,13+/m1/s1. The summed E-state index contributed by atoms with van der Waals surface area (Å²) >= 11 is 6.00. The highest BCUT2D eigenvalue weighted by molar-refractivity contribution is 7.89. The van der Waals surface area contributed by atoms with Crippen LogP contribution in [0.15, 0.2) is 23.2 Å². The Morgan fingerprint density at radius 3 is 2.67 bits per heavy atom. The van der Waals surface area contributed by atoms with Gasteiger partial charge >= 0.3 is 0 Å². The predicted molar refractivity (Wildman–Crippen MR) is 95.3 cm³/mol. The van der Waals surface area contributed by atoms with Crippen molar-refractivity contribution in [3.8, 4) is 0 Å². The minimum Gasteiger partial charge on any atom is -0.324 e. The van der Waals surface area contributed by atoms with Crippen LogP contribution in [0.25, 0.3) is 10.8 Å². The summed E-state index contributed by atoms with van der Waals surface area (Å²) in [6, 6.07) is 2.68. The van der Waals surface area contributed by atoms with Crippen LogP contribution in [0.4, 0.5) is 0 Å². The number of fused-ring (bicyclic) bond motifs is 3. The smallest absolute Gasteiger partial charge is 0.241 e. The van der Waals surface area contributed by atoms with E-state index in [1.807, 2.05) is 13.8 Å². The van der Waals surface area contributed by atoms with Gasteiger partial charge in [-0.1, -0.05) is 25.4 Å². The molecule has 0 unspecified atom stereocenters. The van der Waals surface area contributed by atoms with Crippen molar-refractivity contribution in [2.45, 2.75) is 37.2 Å². The lowest BCUT2D eigenvalue weighted by atomic mass is 10.0. The molecule has 0 spiro atoms. The number of halogens is 1. The maximum atomic E-state index is 12.8. The van der Waals surface area contributed by atoms with E-state index in [4.69, 9.17) is 23.1 Å². The van der Waals surface area contributed by atoms with Crippen LogP contribution in [-0.2, 0) is 10.0 Å². The van der Waals surface area contributed by atoms with E-state index in [2.05, 4.69) is 9.71 Å². The highest BCUT2D eigenvalue weighted by Crippen LogP contribution is 2.42. The van der Waals surface area contributed by atoms with Crippen LogP contribution in [0.3, 0.4) is 0 Å². The second kappa shape index (κ2) is 6.24. The van der Waals surface area contributed by atoms with E-state index in [1.165, 1.54) is 0 Å². The van der Waals surface area contributed by atoms with Gasteiger partial charge in [0.05, 0.1) is 4.90 Å². The third-order valence-corrected chi connectivity index (χ3v) is 5.94. The van der Waals surface area contributed by atoms with Gasteiger partial charge in [0.25, 0.3) is 0 Å². The van der Waals surface area contributed by atoms with Crippen molar-refractivity contribution >= 4 is 32.4 Å². The van der Waals surface area contributed by atoms with Gasteiger partial charge in [0, 0.05) is 35.6 Å². The Morgan fingerprint density at radius 2 is 2.00 bits per heavy atom. The zero-order chi connectivity index (χ0) is 17.6. The average Bonchev–Trinajstić information content (AvgIpc) is 2.79. The van der Waals surface area contributed by atoms with E-state index >= 15 is 0 Å². The van der Waals surface area contributed by atoms with Crippen molar-refractivity contribution in [3.63, 3.8) is 0 Å². The maximum absolute atomic E-state index is 12.8. The number of aromatic nitrogens is 1. The first-order chi connectivity index (χ1) is 11.2. The molecule has 1 aromatic carbocycles. The molecular formula is C16H21ClN4O2S. The molecule has 5 N–H and O–H groups in total. The van der Waals surface area contributed by atoms with E-state index in [1.54, 1.807) is 18.3 Å². The fourth-order valence-corrected chi connectivity index (χ4v) is 4.72. The summed E-state index contributed by atoms with van der Waals surface area (Å²) in [5.41, 5.74) is 14.0. The number of hydrogen-bond donors (Lipinski definition) is 3. The quantitative estimate of drug-likeness (QED) is 0.716. The first-order valence-electron chi connectivity index (χ1n) is 7.83. The fraction of sp³-hybridized carbons (Fsp3) is 0.438. The molecule has 2 aromatic rings. The van der Waals surface area contributed by atoms with Gasteiger partial charge in [-0.3, -0.25) is 0 Å². The van der Waals surface area contributed by atoms with Crippen molar-refractivity contribution < 1.29 is 8.42 Å². The SMILES string of the molecule is CC(C)CNS(=O)(=O)c1cc2c(c3cnc(Cl)cc13)[C@@H](N)C[C@H]2N. The van der Waals surface area contributed by atoms with Gasteiger partial charge in [0.15, 0.2) is 0 Å². The molecule has 1 aliphatic rings. The number of nitrogens with two attached hydrogens (primary N) is 2. The van der Waals surface area contributed by atoms with Crippen molar-refractivity contribution in [1.82, 2.24) is 9.71 Å². The summed E-state index contributed by atoms with van der Waals surface area (Å²) in [7, 11) is -3.69. The summed E-state index contributed by atoms with van der Waals surface area (Å²) < 4.78 is 28.2. The Hall–Kier alpha value is -1.25. The van der Waals surface area contributed by atoms with Crippen molar-refractivity contribution in [2.24, 2.45) is 17.4 Å². The molecule has 1 aromatic heterocycles. The largest absolute Gasteiger partial charge is 0.324 e. The zero-order valence-corrected chi connectivity index (χ0v) is 15.2. The first-order valence-corrected chi connectivity index (χ1v) is 9.69. The molecule has 0 amide bonds. The monoisotopic (exact) mass is 368 g/mol. The van der Waals surface area contributed by atoms with E-state index in [9.17, 15) is 8.42 Å². The average molecular weight is 369 g/mol. The van der Waals surface area contributed by atoms with Crippen LogP contribution in [0.5, 0.6) is 0 Å². The van der Waals surface area contributed by atoms with Crippen LogP contribution in [0.2, 0.25) is 5.15 Å². The molecule has 130 valence electrons. The van der Waals surface area contributed by atoms with E-state index < -0.39 is 10.0 Å². The Kier molecular flexibility index (Phi) is 4.57. The number of benzene rings is 1. The molecule has 0 saturated heterocycles. The molecule has 0 bridgehead atoms. The van der Waals surface area contributed by atoms with Crippen molar-refractivity contribution in [3.05, 3.63) is 34.6 Å². The van der Waals surface area contributed by atoms with Crippen LogP contribution < -0.4 is 16.2 Å². The molecule has 0 fully saturated rings. The normalized spacial score (nSPS) is 20.8. The number of hydrogen-bond acceptors (Lipinski definition) is 5. The first kappa shape index (κ1) is 17.6. The van der Waals surface area contributed by atoms with E-state index in [0.29, 0.717) is 23.7 Å². The summed E-state index contributed by atoms with van der Waals surface area (Å²) in [5.74, 6) is 0.196. The maximum Gasteiger partial charge on any atom is 0.241 e. The Morgan fingerprint density at radius 1 is 1.29 bits per heavy atom. The molecule has 0 radical (unpaired) electrons. The number of nitrogens with zero attached hydrogens (tertiary/aromatic N) is 1. The minimum absolute atomic E-state index is 0.172. The van der Waals surface area contributed by atoms with Crippen molar-refractivity contribution in [1.29, 1.82) is 0 Å². The molecule has 3 rings (SSSR count). The second-order valence-corrected chi connectivity index (χ2v) is 8.75. The van der Waals surface area contributed by atoms with Gasteiger partial charge in [-0.15, -0.1) is 0 Å². The van der Waals surface area contributed by atoms with E-state index in [0.717, 1.165) is 11.1 Å². The highest BCUT2D eigenvalue weighted by Gasteiger charge is 2.31. The van der Waals surface area contributed by atoms with Gasteiger partial charge in [-0.25, -0.2) is 18.1 Å². The van der Waals surface area contributed by atoms with Gasteiger partial charge in [0.2, 0.25) is 10.0 Å². The third kappa shape index (κ3) is 3.02. The number of pyridine rings is 1. The number of sulfonamides is 1. The Bertz CT molecular complexity index is 899. The van der Waals surface area contributed by atoms with Gasteiger partial charge < -0.3 is 11.5 Å². The summed E-state index contributed by atoms with van der Waals surface area (Å²) in [6.45, 7) is 4.24. The second-order valence-electron chi connectivity index (χ2n) is 6.62. The lowest BCUT2D eigenvalue weighted by Gasteiger charge is -2.16.